The molecular formula is C36H37FN2O. The molecule has 0 bridgehead atoms. The first-order chi connectivity index (χ1) is 19.7. The second kappa shape index (κ2) is 12.1. The summed E-state index contributed by atoms with van der Waals surface area (Å²) < 4.78 is 18.2. The van der Waals surface area contributed by atoms with Gasteiger partial charge in [-0.15, -0.1) is 0 Å². The number of aromatic nitrogens is 1. The fourth-order valence-corrected chi connectivity index (χ4v) is 5.94. The Morgan fingerprint density at radius 1 is 0.800 bits per heavy atom. The van der Waals surface area contributed by atoms with Crippen LogP contribution in [-0.2, 0) is 13.0 Å². The van der Waals surface area contributed by atoms with Gasteiger partial charge in [-0.25, -0.2) is 4.39 Å². The topological polar surface area (TPSA) is 37.2 Å². The van der Waals surface area contributed by atoms with E-state index in [1.54, 1.807) is 6.07 Å². The van der Waals surface area contributed by atoms with E-state index in [2.05, 4.69) is 41.7 Å². The van der Waals surface area contributed by atoms with Crippen LogP contribution in [0.3, 0.4) is 0 Å². The minimum Gasteiger partial charge on any atom is -0.508 e. The quantitative estimate of drug-likeness (QED) is 0.167. The van der Waals surface area contributed by atoms with Gasteiger partial charge in [0.25, 0.3) is 0 Å². The van der Waals surface area contributed by atoms with Crippen molar-refractivity contribution in [2.45, 2.75) is 45.1 Å². The zero-order valence-electron chi connectivity index (χ0n) is 23.0. The Balaban J connectivity index is 1.24. The minimum absolute atomic E-state index is 0.0624. The molecule has 0 atom stereocenters. The molecule has 4 heteroatoms. The van der Waals surface area contributed by atoms with Gasteiger partial charge in [0, 0.05) is 17.5 Å². The molecule has 1 aliphatic carbocycles. The van der Waals surface area contributed by atoms with Crippen LogP contribution in [0.15, 0.2) is 97.1 Å². The average Bonchev–Trinajstić information content (AvgIpc) is 3.23. The van der Waals surface area contributed by atoms with Crippen LogP contribution in [0, 0.1) is 11.7 Å². The van der Waals surface area contributed by atoms with Gasteiger partial charge >= 0.3 is 0 Å². The highest BCUT2D eigenvalue weighted by atomic mass is 19.1. The number of rotatable bonds is 11. The van der Waals surface area contributed by atoms with Crippen molar-refractivity contribution < 1.29 is 9.50 Å². The van der Waals surface area contributed by atoms with Crippen LogP contribution in [0.2, 0.25) is 0 Å². The Bertz CT molecular complexity index is 1570. The first-order valence-corrected chi connectivity index (χ1v) is 14.6. The molecule has 4 aromatic carbocycles. The molecule has 204 valence electrons. The lowest BCUT2D eigenvalue weighted by Gasteiger charge is -2.25. The van der Waals surface area contributed by atoms with Crippen LogP contribution in [0.4, 0.5) is 4.39 Å². The molecular weight excluding hydrogens is 495 g/mol. The van der Waals surface area contributed by atoms with Crippen molar-refractivity contribution in [3.05, 3.63) is 114 Å². The number of benzene rings is 4. The van der Waals surface area contributed by atoms with Crippen molar-refractivity contribution in [2.24, 2.45) is 5.92 Å². The Morgan fingerprint density at radius 2 is 1.52 bits per heavy atom. The summed E-state index contributed by atoms with van der Waals surface area (Å²) in [6, 6.07) is 31.7. The number of phenols is 1. The third-order valence-corrected chi connectivity index (χ3v) is 8.40. The minimum atomic E-state index is -0.311. The van der Waals surface area contributed by atoms with Crippen molar-refractivity contribution in [1.82, 2.24) is 9.88 Å². The Labute approximate surface area is 236 Å². The predicted molar refractivity (Wildman–Crippen MR) is 163 cm³/mol. The molecule has 5 aromatic rings. The number of fused-ring (bicyclic) bond motifs is 1. The zero-order valence-corrected chi connectivity index (χ0v) is 23.0. The molecule has 3 nitrogen and oxygen atoms in total. The maximum absolute atomic E-state index is 16.2. The number of hydrogen-bond donors (Lipinski definition) is 2. The van der Waals surface area contributed by atoms with Crippen LogP contribution in [-0.4, -0.2) is 22.8 Å². The van der Waals surface area contributed by atoms with Gasteiger partial charge in [0.15, 0.2) is 5.82 Å². The molecule has 1 heterocycles. The summed E-state index contributed by atoms with van der Waals surface area (Å²) in [6.07, 6.45) is 7.93. The van der Waals surface area contributed by atoms with E-state index in [0.717, 1.165) is 53.2 Å². The standard InChI is InChI=1S/C36H37FN2O/c37-35-33-24-30(40)19-20-34(33)39(36(35)32-14-5-4-13-31(32)29-11-2-1-3-12-29)25-28-17-15-27(16-18-28)21-23-38-22-7-10-26-8-6-9-26/h1-5,11-20,24,26,38,40H,6-10,21-23,25H2. The van der Waals surface area contributed by atoms with Crippen LogP contribution in [0.25, 0.3) is 33.3 Å². The van der Waals surface area contributed by atoms with E-state index in [1.165, 1.54) is 43.7 Å². The highest BCUT2D eigenvalue weighted by molar-refractivity contribution is 5.93. The van der Waals surface area contributed by atoms with Gasteiger partial charge in [-0.1, -0.05) is 98.1 Å². The third kappa shape index (κ3) is 5.68. The monoisotopic (exact) mass is 532 g/mol. The molecule has 2 N–H and O–H groups in total. The first kappa shape index (κ1) is 26.3. The molecule has 1 aliphatic rings. The van der Waals surface area contributed by atoms with Crippen molar-refractivity contribution in [2.75, 3.05) is 13.1 Å². The van der Waals surface area contributed by atoms with E-state index in [9.17, 15) is 5.11 Å². The summed E-state index contributed by atoms with van der Waals surface area (Å²) in [5.41, 5.74) is 6.57. The summed E-state index contributed by atoms with van der Waals surface area (Å²) in [7, 11) is 0. The van der Waals surface area contributed by atoms with Gasteiger partial charge in [-0.2, -0.15) is 0 Å². The maximum atomic E-state index is 16.2. The van der Waals surface area contributed by atoms with Crippen molar-refractivity contribution >= 4 is 10.9 Å². The van der Waals surface area contributed by atoms with E-state index >= 15 is 4.39 Å². The number of halogens is 1. The zero-order chi connectivity index (χ0) is 27.3. The largest absolute Gasteiger partial charge is 0.508 e. The van der Waals surface area contributed by atoms with Crippen LogP contribution < -0.4 is 5.32 Å². The van der Waals surface area contributed by atoms with E-state index in [0.29, 0.717) is 17.6 Å². The first-order valence-electron chi connectivity index (χ1n) is 14.6. The van der Waals surface area contributed by atoms with Gasteiger partial charge in [0.2, 0.25) is 0 Å². The van der Waals surface area contributed by atoms with E-state index in [-0.39, 0.29) is 11.6 Å². The van der Waals surface area contributed by atoms with Gasteiger partial charge in [-0.05, 0) is 78.7 Å². The molecule has 1 fully saturated rings. The number of nitrogens with one attached hydrogen (secondary N) is 1. The number of hydrogen-bond acceptors (Lipinski definition) is 2. The fourth-order valence-electron chi connectivity index (χ4n) is 5.94. The molecule has 0 radical (unpaired) electrons. The number of aromatic hydroxyl groups is 1. The SMILES string of the molecule is Oc1ccc2c(c1)c(F)c(-c1ccccc1-c1ccccc1)n2Cc1ccc(CCNCCCC2CCC2)cc1. The van der Waals surface area contributed by atoms with Crippen LogP contribution in [0.1, 0.15) is 43.2 Å². The fraction of sp³-hybridized carbons (Fsp3) is 0.278. The van der Waals surface area contributed by atoms with E-state index in [1.807, 2.05) is 53.1 Å². The summed E-state index contributed by atoms with van der Waals surface area (Å²) in [5.74, 6) is 0.736. The lowest BCUT2D eigenvalue weighted by atomic mass is 9.82. The smallest absolute Gasteiger partial charge is 0.156 e. The lowest BCUT2D eigenvalue weighted by molar-refractivity contribution is 0.288. The van der Waals surface area contributed by atoms with Crippen LogP contribution in [0.5, 0.6) is 5.75 Å². The van der Waals surface area contributed by atoms with Crippen LogP contribution >= 0.6 is 0 Å². The average molecular weight is 533 g/mol. The summed E-state index contributed by atoms with van der Waals surface area (Å²) in [5, 5.41) is 14.2. The molecule has 6 rings (SSSR count). The van der Waals surface area contributed by atoms with Crippen molar-refractivity contribution in [3.63, 3.8) is 0 Å². The second-order valence-corrected chi connectivity index (χ2v) is 11.1. The van der Waals surface area contributed by atoms with Gasteiger partial charge in [0.1, 0.15) is 5.75 Å². The summed E-state index contributed by atoms with van der Waals surface area (Å²) in [6.45, 7) is 2.62. The Kier molecular flexibility index (Phi) is 7.97. The van der Waals surface area contributed by atoms with E-state index in [4.69, 9.17) is 0 Å². The molecule has 1 aromatic heterocycles. The molecule has 0 saturated heterocycles. The maximum Gasteiger partial charge on any atom is 0.156 e. The predicted octanol–water partition coefficient (Wildman–Crippen LogP) is 8.58. The Hall–Kier alpha value is -3.89. The molecule has 0 aliphatic heterocycles. The van der Waals surface area contributed by atoms with Gasteiger partial charge in [-0.3, -0.25) is 0 Å². The third-order valence-electron chi connectivity index (χ3n) is 8.40. The van der Waals surface area contributed by atoms with Crippen molar-refractivity contribution in [1.29, 1.82) is 0 Å². The number of phenolic OH excluding ortho intramolecular Hbond substituents is 1. The molecule has 40 heavy (non-hydrogen) atoms. The molecule has 0 amide bonds. The molecule has 0 unspecified atom stereocenters. The lowest BCUT2D eigenvalue weighted by Crippen LogP contribution is -2.20. The summed E-state index contributed by atoms with van der Waals surface area (Å²) >= 11 is 0. The second-order valence-electron chi connectivity index (χ2n) is 11.1. The normalized spacial score (nSPS) is 13.5. The van der Waals surface area contributed by atoms with Crippen molar-refractivity contribution in [3.8, 4) is 28.1 Å². The number of nitrogens with zero attached hydrogens (tertiary/aromatic N) is 1. The molecule has 0 spiro atoms. The highest BCUT2D eigenvalue weighted by Gasteiger charge is 2.22. The van der Waals surface area contributed by atoms with E-state index < -0.39 is 0 Å². The van der Waals surface area contributed by atoms with Gasteiger partial charge < -0.3 is 15.0 Å². The summed E-state index contributed by atoms with van der Waals surface area (Å²) in [4.78, 5) is 0. The highest BCUT2D eigenvalue weighted by Crippen LogP contribution is 2.39. The Morgan fingerprint density at radius 3 is 2.27 bits per heavy atom. The molecule has 1 saturated carbocycles. The van der Waals surface area contributed by atoms with Gasteiger partial charge in [0.05, 0.1) is 11.2 Å².